The topological polar surface area (TPSA) is 12.9 Å². The van der Waals surface area contributed by atoms with E-state index in [-0.39, 0.29) is 0 Å². The molecule has 1 atom stereocenters. The largest absolute Gasteiger partial charge is 0.265 e. The Morgan fingerprint density at radius 2 is 1.89 bits per heavy atom. The molecule has 1 nitrogen and oxygen atoms in total. The van der Waals surface area contributed by atoms with Crippen molar-refractivity contribution in [3.05, 3.63) is 77.1 Å². The number of hydrogen-bond donors (Lipinski definition) is 0. The number of allylic oxidation sites excluding steroid dienone is 4. The lowest BCUT2D eigenvalue weighted by molar-refractivity contribution is 0.853. The van der Waals surface area contributed by atoms with Gasteiger partial charge in [-0.2, -0.15) is 0 Å². The van der Waals surface area contributed by atoms with Gasteiger partial charge < -0.3 is 0 Å². The molecule has 0 radical (unpaired) electrons. The van der Waals surface area contributed by atoms with Gasteiger partial charge in [0, 0.05) is 22.8 Å². The van der Waals surface area contributed by atoms with Gasteiger partial charge in [-0.05, 0) is 35.2 Å². The predicted octanol–water partition coefficient (Wildman–Crippen LogP) is 5.07. The molecule has 3 rings (SSSR count). The van der Waals surface area contributed by atoms with E-state index in [2.05, 4.69) is 63.4 Å². The van der Waals surface area contributed by atoms with Gasteiger partial charge in [-0.25, -0.2) is 0 Å². The molecule has 0 bridgehead atoms. The molecule has 0 saturated carbocycles. The van der Waals surface area contributed by atoms with Crippen molar-refractivity contribution in [1.29, 1.82) is 0 Å². The molecule has 0 saturated heterocycles. The van der Waals surface area contributed by atoms with Crippen LogP contribution >= 0.6 is 15.9 Å². The van der Waals surface area contributed by atoms with Gasteiger partial charge in [0.15, 0.2) is 0 Å². The summed E-state index contributed by atoms with van der Waals surface area (Å²) >= 11 is 3.51. The molecule has 0 amide bonds. The number of halogens is 1. The van der Waals surface area contributed by atoms with E-state index in [0.717, 1.165) is 6.42 Å². The summed E-state index contributed by atoms with van der Waals surface area (Å²) in [7, 11) is 0. The highest BCUT2D eigenvalue weighted by Gasteiger charge is 2.11. The summed E-state index contributed by atoms with van der Waals surface area (Å²) in [4.78, 5) is 4.07. The van der Waals surface area contributed by atoms with Gasteiger partial charge in [0.1, 0.15) is 0 Å². The van der Waals surface area contributed by atoms with Crippen molar-refractivity contribution in [2.45, 2.75) is 12.3 Å². The third-order valence-electron chi connectivity index (χ3n) is 3.38. The first-order valence-corrected chi connectivity index (χ1v) is 7.16. The lowest BCUT2D eigenvalue weighted by Crippen LogP contribution is -1.97. The highest BCUT2D eigenvalue weighted by Crippen LogP contribution is 2.30. The van der Waals surface area contributed by atoms with Crippen LogP contribution in [-0.2, 0) is 0 Å². The zero-order chi connectivity index (χ0) is 13.1. The number of nitrogens with zero attached hydrogens (tertiary/aromatic N) is 1. The van der Waals surface area contributed by atoms with E-state index < -0.39 is 0 Å². The second-order valence-electron chi connectivity index (χ2n) is 4.65. The molecule has 19 heavy (non-hydrogen) atoms. The lowest BCUT2D eigenvalue weighted by Gasteiger charge is -2.15. The van der Waals surface area contributed by atoms with E-state index >= 15 is 0 Å². The standard InChI is InChI=1S/C17H14BrN/c18-17-6-4-13(5-7-17)15-2-1-3-16(12-15)14-8-10-19-11-9-14/h1-4,6-13H,5H2. The van der Waals surface area contributed by atoms with Crippen molar-refractivity contribution in [2.24, 2.45) is 0 Å². The molecule has 0 fully saturated rings. The molecule has 1 unspecified atom stereocenters. The Kier molecular flexibility index (Phi) is 3.60. The second kappa shape index (κ2) is 5.54. The van der Waals surface area contributed by atoms with Crippen molar-refractivity contribution < 1.29 is 0 Å². The Hall–Kier alpha value is -1.67. The van der Waals surface area contributed by atoms with E-state index in [1.54, 1.807) is 0 Å². The second-order valence-corrected chi connectivity index (χ2v) is 5.57. The Morgan fingerprint density at radius 1 is 1.05 bits per heavy atom. The minimum Gasteiger partial charge on any atom is -0.265 e. The maximum atomic E-state index is 4.07. The van der Waals surface area contributed by atoms with Crippen LogP contribution in [0.2, 0.25) is 0 Å². The third-order valence-corrected chi connectivity index (χ3v) is 3.97. The van der Waals surface area contributed by atoms with E-state index in [0.29, 0.717) is 5.92 Å². The van der Waals surface area contributed by atoms with E-state index in [1.165, 1.54) is 21.2 Å². The van der Waals surface area contributed by atoms with Crippen LogP contribution in [0.1, 0.15) is 17.9 Å². The molecular formula is C17H14BrN. The molecule has 1 aromatic heterocycles. The zero-order valence-electron chi connectivity index (χ0n) is 10.5. The van der Waals surface area contributed by atoms with Crippen LogP contribution in [-0.4, -0.2) is 4.98 Å². The van der Waals surface area contributed by atoms with Crippen LogP contribution in [0.25, 0.3) is 11.1 Å². The quantitative estimate of drug-likeness (QED) is 0.754. The Bertz CT molecular complexity index is 629. The fraction of sp³-hybridized carbons (Fsp3) is 0.118. The Labute approximate surface area is 121 Å². The first-order chi connectivity index (χ1) is 9.33. The Balaban J connectivity index is 1.91. The lowest BCUT2D eigenvalue weighted by atomic mass is 9.90. The highest BCUT2D eigenvalue weighted by atomic mass is 79.9. The van der Waals surface area contributed by atoms with Crippen molar-refractivity contribution in [1.82, 2.24) is 4.98 Å². The molecule has 1 aromatic carbocycles. The molecule has 1 aliphatic rings. The smallest absolute Gasteiger partial charge is 0.0273 e. The monoisotopic (exact) mass is 311 g/mol. The minimum absolute atomic E-state index is 0.475. The predicted molar refractivity (Wildman–Crippen MR) is 83.2 cm³/mol. The van der Waals surface area contributed by atoms with Crippen LogP contribution in [0.3, 0.4) is 0 Å². The van der Waals surface area contributed by atoms with Crippen molar-refractivity contribution >= 4 is 15.9 Å². The summed E-state index contributed by atoms with van der Waals surface area (Å²) < 4.78 is 1.18. The number of rotatable bonds is 2. The Morgan fingerprint density at radius 3 is 2.63 bits per heavy atom. The summed E-state index contributed by atoms with van der Waals surface area (Å²) in [5.41, 5.74) is 3.83. The number of benzene rings is 1. The first-order valence-electron chi connectivity index (χ1n) is 6.37. The molecule has 94 valence electrons. The molecule has 2 aromatic rings. The summed E-state index contributed by atoms with van der Waals surface area (Å²) in [6.07, 6.45) is 11.3. The molecule has 0 N–H and O–H groups in total. The molecule has 1 aliphatic carbocycles. The van der Waals surface area contributed by atoms with Gasteiger partial charge in [-0.15, -0.1) is 0 Å². The summed E-state index contributed by atoms with van der Waals surface area (Å²) in [6.45, 7) is 0. The average Bonchev–Trinajstić information content (AvgIpc) is 2.49. The van der Waals surface area contributed by atoms with Gasteiger partial charge >= 0.3 is 0 Å². The van der Waals surface area contributed by atoms with Crippen LogP contribution in [0.5, 0.6) is 0 Å². The van der Waals surface area contributed by atoms with E-state index in [1.807, 2.05) is 24.5 Å². The fourth-order valence-corrected chi connectivity index (χ4v) is 2.67. The molecule has 0 spiro atoms. The summed E-state index contributed by atoms with van der Waals surface area (Å²) in [5, 5.41) is 0. The molecule has 1 heterocycles. The highest BCUT2D eigenvalue weighted by molar-refractivity contribution is 9.11. The SMILES string of the molecule is BrC1=CCC(c2cccc(-c3ccncc3)c2)C=C1. The van der Waals surface area contributed by atoms with Crippen LogP contribution in [0.4, 0.5) is 0 Å². The van der Waals surface area contributed by atoms with Crippen molar-refractivity contribution in [3.8, 4) is 11.1 Å². The van der Waals surface area contributed by atoms with Crippen LogP contribution in [0, 0.1) is 0 Å². The maximum Gasteiger partial charge on any atom is 0.0273 e. The normalized spacial score (nSPS) is 18.2. The summed E-state index contributed by atoms with van der Waals surface area (Å²) in [5.74, 6) is 0.475. The van der Waals surface area contributed by atoms with Gasteiger partial charge in [-0.3, -0.25) is 4.98 Å². The minimum atomic E-state index is 0.475. The van der Waals surface area contributed by atoms with Gasteiger partial charge in [0.25, 0.3) is 0 Å². The molecule has 0 aliphatic heterocycles. The van der Waals surface area contributed by atoms with Gasteiger partial charge in [0.05, 0.1) is 0 Å². The van der Waals surface area contributed by atoms with E-state index in [4.69, 9.17) is 0 Å². The van der Waals surface area contributed by atoms with Gasteiger partial charge in [0.2, 0.25) is 0 Å². The van der Waals surface area contributed by atoms with E-state index in [9.17, 15) is 0 Å². The first kappa shape index (κ1) is 12.4. The molecule has 2 heteroatoms. The number of hydrogen-bond acceptors (Lipinski definition) is 1. The summed E-state index contributed by atoms with van der Waals surface area (Å²) in [6, 6.07) is 12.9. The molecular weight excluding hydrogens is 298 g/mol. The number of pyridine rings is 1. The number of aromatic nitrogens is 1. The maximum absolute atomic E-state index is 4.07. The third kappa shape index (κ3) is 2.85. The average molecular weight is 312 g/mol. The van der Waals surface area contributed by atoms with Crippen LogP contribution in [0.15, 0.2) is 71.5 Å². The van der Waals surface area contributed by atoms with Gasteiger partial charge in [-0.1, -0.05) is 58.4 Å². The van der Waals surface area contributed by atoms with Crippen LogP contribution < -0.4 is 0 Å². The van der Waals surface area contributed by atoms with Crippen molar-refractivity contribution in [2.75, 3.05) is 0 Å². The zero-order valence-corrected chi connectivity index (χ0v) is 12.0. The van der Waals surface area contributed by atoms with Crippen molar-refractivity contribution in [3.63, 3.8) is 0 Å². The fourth-order valence-electron chi connectivity index (χ4n) is 2.33.